The molecule has 5 nitrogen and oxygen atoms in total. The van der Waals surface area contributed by atoms with Crippen LogP contribution in [0.25, 0.3) is 0 Å². The Morgan fingerprint density at radius 2 is 1.85 bits per heavy atom. The minimum absolute atomic E-state index is 0. The van der Waals surface area contributed by atoms with Gasteiger partial charge in [0, 0.05) is 31.2 Å². The Balaban J connectivity index is 0.00000131. The molecule has 0 aromatic heterocycles. The molecule has 1 amide bonds. The molecule has 3 aliphatic rings. The number of nitrogens with zero attached hydrogens (tertiary/aromatic N) is 1. The summed E-state index contributed by atoms with van der Waals surface area (Å²) < 4.78 is 19.2. The standard InChI is InChI=1S/C19H26FN3O2.2ClH/c20-14-3-1-2-13(10-14)18(23-6-8-25-9-7-23)19(24)22-17-11-15-4-5-16(12-17)21-15;;/h1-3,10,15-18,21H,4-9,11-12H2,(H,22,24);2*1H. The van der Waals surface area contributed by atoms with Crippen LogP contribution < -0.4 is 10.6 Å². The third kappa shape index (κ3) is 5.33. The summed E-state index contributed by atoms with van der Waals surface area (Å²) >= 11 is 0. The van der Waals surface area contributed by atoms with Gasteiger partial charge in [0.25, 0.3) is 0 Å². The lowest BCUT2D eigenvalue weighted by atomic mass is 9.98. The van der Waals surface area contributed by atoms with Crippen LogP contribution in [0.15, 0.2) is 24.3 Å². The zero-order chi connectivity index (χ0) is 17.2. The van der Waals surface area contributed by atoms with E-state index in [9.17, 15) is 9.18 Å². The molecular formula is C19H28Cl2FN3O2. The van der Waals surface area contributed by atoms with Crippen LogP contribution in [0.4, 0.5) is 4.39 Å². The molecule has 0 spiro atoms. The highest BCUT2D eigenvalue weighted by Crippen LogP contribution is 2.28. The molecule has 1 aromatic rings. The van der Waals surface area contributed by atoms with Crippen molar-refractivity contribution in [3.8, 4) is 0 Å². The molecule has 1 aromatic carbocycles. The lowest BCUT2D eigenvalue weighted by molar-refractivity contribution is -0.129. The number of benzene rings is 1. The van der Waals surface area contributed by atoms with Gasteiger partial charge in [0.2, 0.25) is 5.91 Å². The molecule has 152 valence electrons. The van der Waals surface area contributed by atoms with Crippen molar-refractivity contribution in [1.29, 1.82) is 0 Å². The van der Waals surface area contributed by atoms with Crippen molar-refractivity contribution in [2.75, 3.05) is 26.3 Å². The van der Waals surface area contributed by atoms with Crippen LogP contribution >= 0.6 is 24.8 Å². The fourth-order valence-corrected chi connectivity index (χ4v) is 4.50. The molecule has 27 heavy (non-hydrogen) atoms. The average Bonchev–Trinajstić information content (AvgIpc) is 2.95. The smallest absolute Gasteiger partial charge is 0.242 e. The van der Waals surface area contributed by atoms with Gasteiger partial charge in [-0.2, -0.15) is 0 Å². The van der Waals surface area contributed by atoms with E-state index in [0.717, 1.165) is 18.4 Å². The van der Waals surface area contributed by atoms with Crippen molar-refractivity contribution in [1.82, 2.24) is 15.5 Å². The third-order valence-corrected chi connectivity index (χ3v) is 5.64. The second-order valence-corrected chi connectivity index (χ2v) is 7.42. The fourth-order valence-electron chi connectivity index (χ4n) is 4.50. The Labute approximate surface area is 172 Å². The van der Waals surface area contributed by atoms with E-state index in [1.54, 1.807) is 6.07 Å². The van der Waals surface area contributed by atoms with Crippen LogP contribution in [0.3, 0.4) is 0 Å². The van der Waals surface area contributed by atoms with E-state index in [0.29, 0.717) is 38.4 Å². The van der Waals surface area contributed by atoms with Crippen LogP contribution in [-0.4, -0.2) is 55.2 Å². The second-order valence-electron chi connectivity index (χ2n) is 7.42. The fraction of sp³-hybridized carbons (Fsp3) is 0.632. The summed E-state index contributed by atoms with van der Waals surface area (Å²) in [6, 6.07) is 7.23. The van der Waals surface area contributed by atoms with E-state index in [1.165, 1.54) is 25.0 Å². The van der Waals surface area contributed by atoms with Crippen molar-refractivity contribution < 1.29 is 13.9 Å². The number of halogens is 3. The highest BCUT2D eigenvalue weighted by Gasteiger charge is 2.36. The first-order chi connectivity index (χ1) is 12.2. The van der Waals surface area contributed by atoms with E-state index < -0.39 is 6.04 Å². The molecule has 3 saturated heterocycles. The summed E-state index contributed by atoms with van der Waals surface area (Å²) in [7, 11) is 0. The zero-order valence-electron chi connectivity index (χ0n) is 15.2. The topological polar surface area (TPSA) is 53.6 Å². The van der Waals surface area contributed by atoms with Gasteiger partial charge in [0.05, 0.1) is 13.2 Å². The van der Waals surface area contributed by atoms with Gasteiger partial charge in [-0.25, -0.2) is 4.39 Å². The summed E-state index contributed by atoms with van der Waals surface area (Å²) in [5, 5.41) is 6.85. The van der Waals surface area contributed by atoms with Crippen molar-refractivity contribution in [2.45, 2.75) is 49.9 Å². The Morgan fingerprint density at radius 1 is 1.19 bits per heavy atom. The molecule has 0 aliphatic carbocycles. The first-order valence-corrected chi connectivity index (χ1v) is 9.33. The number of morpholine rings is 1. The van der Waals surface area contributed by atoms with Gasteiger partial charge in [0.15, 0.2) is 0 Å². The molecule has 3 aliphatic heterocycles. The molecule has 0 saturated carbocycles. The minimum atomic E-state index is -0.452. The van der Waals surface area contributed by atoms with Crippen molar-refractivity contribution in [3.05, 3.63) is 35.6 Å². The number of hydrogen-bond donors (Lipinski definition) is 2. The number of carbonyl (C=O) groups is 1. The van der Waals surface area contributed by atoms with E-state index in [1.807, 2.05) is 6.07 Å². The number of nitrogens with one attached hydrogen (secondary N) is 2. The number of piperidine rings is 1. The Hall–Kier alpha value is -0.920. The predicted molar refractivity (Wildman–Crippen MR) is 107 cm³/mol. The Kier molecular flexibility index (Phi) is 8.31. The van der Waals surface area contributed by atoms with Crippen molar-refractivity contribution >= 4 is 30.7 Å². The maximum Gasteiger partial charge on any atom is 0.242 e. The summed E-state index contributed by atoms with van der Waals surface area (Å²) in [4.78, 5) is 15.2. The maximum absolute atomic E-state index is 13.7. The number of ether oxygens (including phenoxy) is 1. The molecular weight excluding hydrogens is 392 g/mol. The SMILES string of the molecule is Cl.Cl.O=C(NC1CC2CCC(C1)N2)C(c1cccc(F)c1)N1CCOCC1. The first-order valence-electron chi connectivity index (χ1n) is 9.33. The molecule has 4 rings (SSSR count). The predicted octanol–water partition coefficient (Wildman–Crippen LogP) is 2.44. The van der Waals surface area contributed by atoms with Crippen LogP contribution in [0.1, 0.15) is 37.3 Å². The highest BCUT2D eigenvalue weighted by atomic mass is 35.5. The van der Waals surface area contributed by atoms with Crippen LogP contribution in [-0.2, 0) is 9.53 Å². The van der Waals surface area contributed by atoms with Crippen molar-refractivity contribution in [3.63, 3.8) is 0 Å². The van der Waals surface area contributed by atoms with E-state index in [4.69, 9.17) is 4.74 Å². The quantitative estimate of drug-likeness (QED) is 0.786. The number of hydrogen-bond acceptors (Lipinski definition) is 4. The number of amides is 1. The molecule has 2 N–H and O–H groups in total. The zero-order valence-corrected chi connectivity index (χ0v) is 16.9. The summed E-state index contributed by atoms with van der Waals surface area (Å²) in [6.07, 6.45) is 4.38. The van der Waals surface area contributed by atoms with E-state index in [-0.39, 0.29) is 42.6 Å². The Bertz CT molecular complexity index is 619. The maximum atomic E-state index is 13.7. The van der Waals surface area contributed by atoms with E-state index >= 15 is 0 Å². The van der Waals surface area contributed by atoms with Gasteiger partial charge in [-0.1, -0.05) is 12.1 Å². The third-order valence-electron chi connectivity index (χ3n) is 5.64. The van der Waals surface area contributed by atoms with Crippen LogP contribution in [0, 0.1) is 5.82 Å². The van der Waals surface area contributed by atoms with Gasteiger partial charge in [0.1, 0.15) is 11.9 Å². The first kappa shape index (κ1) is 22.4. The van der Waals surface area contributed by atoms with Gasteiger partial charge in [-0.05, 0) is 43.4 Å². The number of rotatable bonds is 4. The summed E-state index contributed by atoms with van der Waals surface area (Å²) in [5.74, 6) is -0.317. The monoisotopic (exact) mass is 419 g/mol. The number of carbonyl (C=O) groups excluding carboxylic acids is 1. The molecule has 2 bridgehead atoms. The second kappa shape index (κ2) is 10.0. The van der Waals surface area contributed by atoms with Crippen molar-refractivity contribution in [2.24, 2.45) is 0 Å². The normalized spacial score (nSPS) is 28.6. The summed E-state index contributed by atoms with van der Waals surface area (Å²) in [5.41, 5.74) is 0.719. The van der Waals surface area contributed by atoms with Gasteiger partial charge < -0.3 is 15.4 Å². The minimum Gasteiger partial charge on any atom is -0.379 e. The molecule has 0 radical (unpaired) electrons. The molecule has 3 heterocycles. The van der Waals surface area contributed by atoms with Gasteiger partial charge in [-0.3, -0.25) is 9.69 Å². The Morgan fingerprint density at radius 3 is 2.48 bits per heavy atom. The number of fused-ring (bicyclic) bond motifs is 2. The van der Waals surface area contributed by atoms with Gasteiger partial charge >= 0.3 is 0 Å². The van der Waals surface area contributed by atoms with Crippen LogP contribution in [0.2, 0.25) is 0 Å². The largest absolute Gasteiger partial charge is 0.379 e. The molecule has 8 heteroatoms. The molecule has 3 unspecified atom stereocenters. The molecule has 3 fully saturated rings. The average molecular weight is 420 g/mol. The van der Waals surface area contributed by atoms with Gasteiger partial charge in [-0.15, -0.1) is 24.8 Å². The molecule has 3 atom stereocenters. The highest BCUT2D eigenvalue weighted by molar-refractivity contribution is 5.85. The lowest BCUT2D eigenvalue weighted by Crippen LogP contribution is -2.52. The lowest BCUT2D eigenvalue weighted by Gasteiger charge is -2.36. The van der Waals surface area contributed by atoms with Crippen LogP contribution in [0.5, 0.6) is 0 Å². The van der Waals surface area contributed by atoms with E-state index in [2.05, 4.69) is 15.5 Å². The summed E-state index contributed by atoms with van der Waals surface area (Å²) in [6.45, 7) is 2.59.